The van der Waals surface area contributed by atoms with Gasteiger partial charge in [-0.15, -0.1) is 10.2 Å². The number of nitrogens with one attached hydrogen (secondary N) is 1. The Morgan fingerprint density at radius 1 is 1.63 bits per heavy atom. The van der Waals surface area contributed by atoms with Gasteiger partial charge in [-0.2, -0.15) is 11.3 Å². The normalized spacial score (nSPS) is 12.2. The summed E-state index contributed by atoms with van der Waals surface area (Å²) in [5.74, 6) is 0.734. The van der Waals surface area contributed by atoms with E-state index in [1.54, 1.807) is 34.2 Å². The fourth-order valence-corrected chi connectivity index (χ4v) is 2.43. The zero-order chi connectivity index (χ0) is 13.8. The summed E-state index contributed by atoms with van der Waals surface area (Å²) in [6, 6.07) is 1.72. The van der Waals surface area contributed by atoms with Gasteiger partial charge in [0.1, 0.15) is 6.33 Å². The van der Waals surface area contributed by atoms with Gasteiger partial charge in [-0.25, -0.2) is 4.79 Å². The highest BCUT2D eigenvalue weighted by Crippen LogP contribution is 2.10. The van der Waals surface area contributed by atoms with Gasteiger partial charge in [-0.1, -0.05) is 0 Å². The number of carbonyl (C=O) groups excluding carboxylic acids is 1. The molecule has 1 atom stereocenters. The van der Waals surface area contributed by atoms with Crippen LogP contribution in [0.5, 0.6) is 0 Å². The molecule has 0 unspecified atom stereocenters. The predicted molar refractivity (Wildman–Crippen MR) is 73.7 cm³/mol. The molecule has 2 rings (SSSR count). The van der Waals surface area contributed by atoms with Crippen LogP contribution in [0.25, 0.3) is 0 Å². The van der Waals surface area contributed by atoms with Crippen molar-refractivity contribution in [3.05, 3.63) is 34.5 Å². The minimum atomic E-state index is -0.176. The Morgan fingerprint density at radius 3 is 3.00 bits per heavy atom. The third-order valence-electron chi connectivity index (χ3n) is 2.82. The number of nitrogens with zero attached hydrogens (tertiary/aromatic N) is 4. The van der Waals surface area contributed by atoms with Crippen molar-refractivity contribution in [1.29, 1.82) is 0 Å². The second kappa shape index (κ2) is 5.83. The quantitative estimate of drug-likeness (QED) is 0.928. The van der Waals surface area contributed by atoms with Gasteiger partial charge in [-0.3, -0.25) is 0 Å². The van der Waals surface area contributed by atoms with Gasteiger partial charge in [-0.05, 0) is 29.3 Å². The lowest BCUT2D eigenvalue weighted by Crippen LogP contribution is -2.38. The van der Waals surface area contributed by atoms with Crippen molar-refractivity contribution in [2.75, 3.05) is 7.05 Å². The minimum absolute atomic E-state index is 0.123. The van der Waals surface area contributed by atoms with Crippen molar-refractivity contribution < 1.29 is 4.79 Å². The second-order valence-corrected chi connectivity index (χ2v) is 5.24. The minimum Gasteiger partial charge on any atom is -0.328 e. The summed E-state index contributed by atoms with van der Waals surface area (Å²) in [4.78, 5) is 13.7. The Balaban J connectivity index is 1.92. The van der Waals surface area contributed by atoms with Crippen molar-refractivity contribution >= 4 is 17.4 Å². The van der Waals surface area contributed by atoms with E-state index in [1.165, 1.54) is 0 Å². The maximum atomic E-state index is 12.0. The summed E-state index contributed by atoms with van der Waals surface area (Å²) in [5.41, 5.74) is 1.13. The van der Waals surface area contributed by atoms with E-state index in [9.17, 15) is 4.79 Å². The summed E-state index contributed by atoms with van der Waals surface area (Å²) >= 11 is 1.63. The molecule has 6 nitrogen and oxygen atoms in total. The monoisotopic (exact) mass is 279 g/mol. The van der Waals surface area contributed by atoms with Crippen molar-refractivity contribution in [3.8, 4) is 0 Å². The van der Waals surface area contributed by atoms with Gasteiger partial charge in [0.15, 0.2) is 5.82 Å². The zero-order valence-electron chi connectivity index (χ0n) is 11.2. The molecule has 1 N–H and O–H groups in total. The van der Waals surface area contributed by atoms with E-state index in [1.807, 2.05) is 30.8 Å². The van der Waals surface area contributed by atoms with E-state index in [2.05, 4.69) is 15.5 Å². The third kappa shape index (κ3) is 3.31. The smallest absolute Gasteiger partial charge is 0.318 e. The van der Waals surface area contributed by atoms with Crippen LogP contribution in [-0.2, 0) is 13.6 Å². The molecule has 0 saturated heterocycles. The molecule has 0 aliphatic rings. The van der Waals surface area contributed by atoms with Crippen LogP contribution < -0.4 is 5.32 Å². The average Bonchev–Trinajstić information content (AvgIpc) is 3.00. The van der Waals surface area contributed by atoms with E-state index in [0.29, 0.717) is 6.54 Å². The van der Waals surface area contributed by atoms with Crippen molar-refractivity contribution in [1.82, 2.24) is 25.0 Å². The fraction of sp³-hybridized carbons (Fsp3) is 0.417. The Labute approximate surface area is 116 Å². The van der Waals surface area contributed by atoms with Gasteiger partial charge < -0.3 is 14.8 Å². The van der Waals surface area contributed by atoms with Crippen molar-refractivity contribution in [3.63, 3.8) is 0 Å². The largest absolute Gasteiger partial charge is 0.328 e. The summed E-state index contributed by atoms with van der Waals surface area (Å²) < 4.78 is 1.80. The van der Waals surface area contributed by atoms with Gasteiger partial charge in [0.25, 0.3) is 0 Å². The van der Waals surface area contributed by atoms with Crippen LogP contribution in [-0.4, -0.2) is 32.7 Å². The van der Waals surface area contributed by atoms with Crippen LogP contribution in [0, 0.1) is 0 Å². The first-order chi connectivity index (χ1) is 9.08. The molecule has 102 valence electrons. The molecule has 0 aliphatic carbocycles. The molecule has 19 heavy (non-hydrogen) atoms. The van der Waals surface area contributed by atoms with Gasteiger partial charge in [0.05, 0.1) is 6.04 Å². The van der Waals surface area contributed by atoms with Crippen LogP contribution >= 0.6 is 11.3 Å². The summed E-state index contributed by atoms with van der Waals surface area (Å²) in [6.07, 6.45) is 1.62. The maximum absolute atomic E-state index is 12.0. The maximum Gasteiger partial charge on any atom is 0.318 e. The molecular formula is C12H17N5OS. The Hall–Kier alpha value is -1.89. The van der Waals surface area contributed by atoms with Crippen LogP contribution in [0.1, 0.15) is 24.4 Å². The molecule has 2 aromatic rings. The molecule has 0 fully saturated rings. The highest BCUT2D eigenvalue weighted by Gasteiger charge is 2.16. The lowest BCUT2D eigenvalue weighted by molar-refractivity contribution is 0.203. The number of thiophene rings is 1. The Morgan fingerprint density at radius 2 is 2.42 bits per heavy atom. The molecule has 2 aromatic heterocycles. The number of amides is 2. The van der Waals surface area contributed by atoms with E-state index < -0.39 is 0 Å². The summed E-state index contributed by atoms with van der Waals surface area (Å²) in [6.45, 7) is 2.49. The Kier molecular flexibility index (Phi) is 4.16. The molecule has 0 saturated carbocycles. The fourth-order valence-electron chi connectivity index (χ4n) is 1.77. The van der Waals surface area contributed by atoms with Crippen LogP contribution in [0.2, 0.25) is 0 Å². The number of urea groups is 1. The summed E-state index contributed by atoms with van der Waals surface area (Å²) in [7, 11) is 3.63. The molecule has 2 heterocycles. The van der Waals surface area contributed by atoms with Crippen molar-refractivity contribution in [2.45, 2.75) is 19.5 Å². The van der Waals surface area contributed by atoms with E-state index in [4.69, 9.17) is 0 Å². The first-order valence-corrected chi connectivity index (χ1v) is 6.89. The molecular weight excluding hydrogens is 262 g/mol. The molecule has 2 amide bonds. The highest BCUT2D eigenvalue weighted by molar-refractivity contribution is 7.07. The van der Waals surface area contributed by atoms with Crippen LogP contribution in [0.3, 0.4) is 0 Å². The van der Waals surface area contributed by atoms with Crippen LogP contribution in [0.15, 0.2) is 23.2 Å². The second-order valence-electron chi connectivity index (χ2n) is 4.46. The number of hydrogen-bond acceptors (Lipinski definition) is 4. The molecule has 0 aromatic carbocycles. The molecule has 0 bridgehead atoms. The van der Waals surface area contributed by atoms with Gasteiger partial charge >= 0.3 is 6.03 Å². The topological polar surface area (TPSA) is 63.1 Å². The van der Waals surface area contributed by atoms with E-state index in [-0.39, 0.29) is 12.1 Å². The molecule has 0 aliphatic heterocycles. The van der Waals surface area contributed by atoms with Gasteiger partial charge in [0.2, 0.25) is 0 Å². The third-order valence-corrected chi connectivity index (χ3v) is 3.55. The Bertz CT molecular complexity index is 536. The molecule has 7 heteroatoms. The highest BCUT2D eigenvalue weighted by atomic mass is 32.1. The lowest BCUT2D eigenvalue weighted by atomic mass is 10.3. The SMILES string of the molecule is C[C@@H](NC(=O)N(C)Cc1ccsc1)c1nncn1C. The number of aryl methyl sites for hydroxylation is 1. The van der Waals surface area contributed by atoms with Crippen LogP contribution in [0.4, 0.5) is 4.79 Å². The lowest BCUT2D eigenvalue weighted by Gasteiger charge is -2.20. The first kappa shape index (κ1) is 13.5. The number of aromatic nitrogens is 3. The standard InChI is InChI=1S/C12H17N5OS/c1-9(11-15-13-8-17(11)3)14-12(18)16(2)6-10-4-5-19-7-10/h4-5,7-9H,6H2,1-3H3,(H,14,18)/t9-/m1/s1. The van der Waals surface area contributed by atoms with Crippen molar-refractivity contribution in [2.24, 2.45) is 7.05 Å². The zero-order valence-corrected chi connectivity index (χ0v) is 12.0. The first-order valence-electron chi connectivity index (χ1n) is 5.94. The predicted octanol–water partition coefficient (Wildman–Crippen LogP) is 1.78. The van der Waals surface area contributed by atoms with Gasteiger partial charge in [0, 0.05) is 20.6 Å². The molecule has 0 spiro atoms. The average molecular weight is 279 g/mol. The van der Waals surface area contributed by atoms with E-state index in [0.717, 1.165) is 11.4 Å². The number of hydrogen-bond donors (Lipinski definition) is 1. The number of rotatable bonds is 4. The molecule has 0 radical (unpaired) electrons. The number of carbonyl (C=O) groups is 1. The van der Waals surface area contributed by atoms with E-state index >= 15 is 0 Å². The summed E-state index contributed by atoms with van der Waals surface area (Å²) in [5, 5.41) is 14.7.